The van der Waals surface area contributed by atoms with Gasteiger partial charge in [-0.2, -0.15) is 0 Å². The lowest BCUT2D eigenvalue weighted by molar-refractivity contribution is -0.119. The molecule has 3 heteroatoms. The topological polar surface area (TPSA) is 32.3 Å². The number of fused-ring (bicyclic) bond motifs is 2. The van der Waals surface area contributed by atoms with Crippen LogP contribution in [0.25, 0.3) is 0 Å². The lowest BCUT2D eigenvalue weighted by atomic mass is 10.1. The van der Waals surface area contributed by atoms with Gasteiger partial charge in [0.25, 0.3) is 0 Å². The van der Waals surface area contributed by atoms with Gasteiger partial charge in [-0.3, -0.25) is 9.69 Å². The molecule has 2 atom stereocenters. The summed E-state index contributed by atoms with van der Waals surface area (Å²) in [5.74, 6) is 0.0746. The van der Waals surface area contributed by atoms with Gasteiger partial charge in [0.05, 0.1) is 0 Å². The van der Waals surface area contributed by atoms with Crippen LogP contribution in [-0.4, -0.2) is 23.4 Å². The second kappa shape index (κ2) is 3.46. The zero-order valence-corrected chi connectivity index (χ0v) is 9.18. The van der Waals surface area contributed by atoms with E-state index in [1.807, 2.05) is 24.3 Å². The van der Waals surface area contributed by atoms with E-state index in [2.05, 4.69) is 29.3 Å². The van der Waals surface area contributed by atoms with Gasteiger partial charge in [-0.25, -0.2) is 0 Å². The van der Waals surface area contributed by atoms with Crippen molar-refractivity contribution in [1.82, 2.24) is 4.90 Å². The predicted octanol–water partition coefficient (Wildman–Crippen LogP) is 1.94. The normalized spacial score (nSPS) is 28.2. The molecule has 3 nitrogen and oxygen atoms in total. The molecule has 1 amide bonds. The predicted molar refractivity (Wildman–Crippen MR) is 63.1 cm³/mol. The van der Waals surface area contributed by atoms with Crippen molar-refractivity contribution in [2.45, 2.75) is 19.0 Å². The molecule has 0 radical (unpaired) electrons. The number of rotatable bonds is 0. The minimum Gasteiger partial charge on any atom is -0.324 e. The van der Waals surface area contributed by atoms with Gasteiger partial charge in [0.15, 0.2) is 0 Å². The molecule has 0 aliphatic carbocycles. The van der Waals surface area contributed by atoms with Crippen LogP contribution in [-0.2, 0) is 4.79 Å². The van der Waals surface area contributed by atoms with Gasteiger partial charge >= 0.3 is 0 Å². The Balaban J connectivity index is 2.09. The molecular formula is C13H14N2O. The van der Waals surface area contributed by atoms with Crippen molar-refractivity contribution >= 4 is 11.6 Å². The average Bonchev–Trinajstić information content (AvgIpc) is 2.74. The number of para-hydroxylation sites is 1. The van der Waals surface area contributed by atoms with Gasteiger partial charge < -0.3 is 5.32 Å². The number of nitrogens with one attached hydrogen (secondary N) is 1. The molecule has 2 heterocycles. The van der Waals surface area contributed by atoms with Gasteiger partial charge in [0.1, 0.15) is 6.04 Å². The summed E-state index contributed by atoms with van der Waals surface area (Å²) >= 11 is 0. The van der Waals surface area contributed by atoms with Crippen molar-refractivity contribution < 1.29 is 4.79 Å². The highest BCUT2D eigenvalue weighted by Gasteiger charge is 2.34. The number of hydrogen-bond donors (Lipinski definition) is 1. The van der Waals surface area contributed by atoms with Crippen LogP contribution in [0.2, 0.25) is 0 Å². The highest BCUT2D eigenvalue weighted by Crippen LogP contribution is 2.33. The maximum absolute atomic E-state index is 12.0. The second-order valence-electron chi connectivity index (χ2n) is 4.32. The van der Waals surface area contributed by atoms with Crippen molar-refractivity contribution in [3.8, 4) is 0 Å². The summed E-state index contributed by atoms with van der Waals surface area (Å²) in [7, 11) is 0. The molecule has 1 aromatic carbocycles. The van der Waals surface area contributed by atoms with Crippen molar-refractivity contribution in [1.29, 1.82) is 0 Å². The van der Waals surface area contributed by atoms with E-state index < -0.39 is 0 Å². The minimum absolute atomic E-state index is 0.0746. The Hall–Kier alpha value is -1.61. The highest BCUT2D eigenvalue weighted by atomic mass is 16.2. The first-order chi connectivity index (χ1) is 7.77. The van der Waals surface area contributed by atoms with E-state index in [4.69, 9.17) is 0 Å². The zero-order chi connectivity index (χ0) is 11.1. The Morgan fingerprint density at radius 1 is 1.38 bits per heavy atom. The number of amides is 1. The van der Waals surface area contributed by atoms with Gasteiger partial charge in [-0.15, -0.1) is 0 Å². The Bertz CT molecular complexity index is 467. The molecule has 0 saturated carbocycles. The monoisotopic (exact) mass is 214 g/mol. The standard InChI is InChI=1S/C13H14N2O/c1-9-10-5-2-3-6-11(10)14-13(16)12-7-4-8-15(9)12/h2-7,9,12H,8H2,1H3,(H,14,16). The molecule has 0 fully saturated rings. The van der Waals surface area contributed by atoms with Crippen LogP contribution >= 0.6 is 0 Å². The lowest BCUT2D eigenvalue weighted by Crippen LogP contribution is -2.38. The lowest BCUT2D eigenvalue weighted by Gasteiger charge is -2.26. The molecule has 0 spiro atoms. The van der Waals surface area contributed by atoms with Crippen LogP contribution in [0.3, 0.4) is 0 Å². The van der Waals surface area contributed by atoms with E-state index in [9.17, 15) is 4.79 Å². The molecule has 3 rings (SSSR count). The fourth-order valence-electron chi connectivity index (χ4n) is 2.53. The second-order valence-corrected chi connectivity index (χ2v) is 4.32. The number of nitrogens with zero attached hydrogens (tertiary/aromatic N) is 1. The summed E-state index contributed by atoms with van der Waals surface area (Å²) in [6.45, 7) is 3.01. The molecule has 0 aromatic heterocycles. The molecule has 2 aliphatic heterocycles. The van der Waals surface area contributed by atoms with E-state index in [0.717, 1.165) is 12.2 Å². The Morgan fingerprint density at radius 2 is 2.19 bits per heavy atom. The van der Waals surface area contributed by atoms with E-state index in [-0.39, 0.29) is 18.0 Å². The van der Waals surface area contributed by atoms with Crippen LogP contribution in [0.5, 0.6) is 0 Å². The van der Waals surface area contributed by atoms with Crippen LogP contribution in [0, 0.1) is 0 Å². The summed E-state index contributed by atoms with van der Waals surface area (Å²) in [5, 5.41) is 2.99. The summed E-state index contributed by atoms with van der Waals surface area (Å²) in [4.78, 5) is 14.2. The molecule has 82 valence electrons. The summed E-state index contributed by atoms with van der Waals surface area (Å²) < 4.78 is 0. The molecule has 1 N–H and O–H groups in total. The molecule has 16 heavy (non-hydrogen) atoms. The third-order valence-corrected chi connectivity index (χ3v) is 3.43. The van der Waals surface area contributed by atoms with Crippen molar-refractivity contribution in [3.63, 3.8) is 0 Å². The zero-order valence-electron chi connectivity index (χ0n) is 9.18. The molecule has 1 aromatic rings. The van der Waals surface area contributed by atoms with Gasteiger partial charge in [0, 0.05) is 18.3 Å². The smallest absolute Gasteiger partial charge is 0.245 e. The quantitative estimate of drug-likeness (QED) is 0.669. The molecule has 2 unspecified atom stereocenters. The van der Waals surface area contributed by atoms with E-state index >= 15 is 0 Å². The number of carbonyl (C=O) groups is 1. The first-order valence-corrected chi connectivity index (χ1v) is 5.59. The number of hydrogen-bond acceptors (Lipinski definition) is 2. The Labute approximate surface area is 94.8 Å². The molecule has 0 bridgehead atoms. The van der Waals surface area contributed by atoms with Crippen LogP contribution in [0.4, 0.5) is 5.69 Å². The van der Waals surface area contributed by atoms with Crippen LogP contribution in [0.15, 0.2) is 36.4 Å². The number of benzene rings is 1. The summed E-state index contributed by atoms with van der Waals surface area (Å²) in [6.07, 6.45) is 4.05. The molecule has 2 aliphatic rings. The van der Waals surface area contributed by atoms with Crippen molar-refractivity contribution in [3.05, 3.63) is 42.0 Å². The maximum Gasteiger partial charge on any atom is 0.245 e. The molecule has 0 saturated heterocycles. The van der Waals surface area contributed by atoms with Gasteiger partial charge in [-0.1, -0.05) is 30.4 Å². The molecular weight excluding hydrogens is 200 g/mol. The van der Waals surface area contributed by atoms with E-state index in [1.165, 1.54) is 5.56 Å². The summed E-state index contributed by atoms with van der Waals surface area (Å²) in [6, 6.07) is 8.19. The average molecular weight is 214 g/mol. The van der Waals surface area contributed by atoms with Crippen molar-refractivity contribution in [2.75, 3.05) is 11.9 Å². The van der Waals surface area contributed by atoms with Crippen LogP contribution < -0.4 is 5.32 Å². The Morgan fingerprint density at radius 3 is 3.06 bits per heavy atom. The number of carbonyl (C=O) groups excluding carboxylic acids is 1. The summed E-state index contributed by atoms with van der Waals surface area (Å²) in [5.41, 5.74) is 2.14. The highest BCUT2D eigenvalue weighted by molar-refractivity contribution is 5.98. The number of anilines is 1. The van der Waals surface area contributed by atoms with Gasteiger partial charge in [0.2, 0.25) is 5.91 Å². The maximum atomic E-state index is 12.0. The fourth-order valence-corrected chi connectivity index (χ4v) is 2.53. The minimum atomic E-state index is -0.109. The SMILES string of the molecule is CC1c2ccccc2NC(=O)C2C=CCN21. The van der Waals surface area contributed by atoms with Crippen molar-refractivity contribution in [2.24, 2.45) is 0 Å². The third kappa shape index (κ3) is 1.28. The van der Waals surface area contributed by atoms with E-state index in [1.54, 1.807) is 0 Å². The first kappa shape index (κ1) is 9.60. The fraction of sp³-hybridized carbons (Fsp3) is 0.308. The van der Waals surface area contributed by atoms with E-state index in [0.29, 0.717) is 0 Å². The Kier molecular flexibility index (Phi) is 2.07. The largest absolute Gasteiger partial charge is 0.324 e. The van der Waals surface area contributed by atoms with Crippen LogP contribution in [0.1, 0.15) is 18.5 Å². The third-order valence-electron chi connectivity index (χ3n) is 3.43. The van der Waals surface area contributed by atoms with Gasteiger partial charge in [-0.05, 0) is 18.6 Å². The first-order valence-electron chi connectivity index (χ1n) is 5.59.